The molecule has 0 aliphatic carbocycles. The van der Waals surface area contributed by atoms with Crippen LogP contribution in [0.4, 0.5) is 0 Å². The molecule has 4 nitrogen and oxygen atoms in total. The normalized spacial score (nSPS) is 31.2. The number of amides is 1. The Morgan fingerprint density at radius 1 is 1.41 bits per heavy atom. The fraction of sp³-hybridized carbons (Fsp3) is 0.923. The Kier molecular flexibility index (Phi) is 4.40. The summed E-state index contributed by atoms with van der Waals surface area (Å²) in [5, 5.41) is 3.39. The van der Waals surface area contributed by atoms with E-state index in [4.69, 9.17) is 4.74 Å². The van der Waals surface area contributed by atoms with E-state index >= 15 is 0 Å². The van der Waals surface area contributed by atoms with Gasteiger partial charge in [0.15, 0.2) is 0 Å². The van der Waals surface area contributed by atoms with Gasteiger partial charge in [0, 0.05) is 19.8 Å². The van der Waals surface area contributed by atoms with E-state index in [0.29, 0.717) is 11.8 Å². The summed E-state index contributed by atoms with van der Waals surface area (Å²) in [6, 6.07) is 0.0508. The first-order chi connectivity index (χ1) is 8.22. The second-order valence-corrected chi connectivity index (χ2v) is 5.23. The molecule has 2 atom stereocenters. The maximum atomic E-state index is 12.2. The summed E-state index contributed by atoms with van der Waals surface area (Å²) in [7, 11) is 0. The first-order valence-corrected chi connectivity index (χ1v) is 6.86. The van der Waals surface area contributed by atoms with Crippen LogP contribution in [-0.4, -0.2) is 42.8 Å². The number of carbonyl (C=O) groups excluding carboxylic acids is 1. The van der Waals surface area contributed by atoms with Gasteiger partial charge in [-0.15, -0.1) is 0 Å². The highest BCUT2D eigenvalue weighted by molar-refractivity contribution is 5.84. The van der Waals surface area contributed by atoms with Gasteiger partial charge in [-0.2, -0.15) is 0 Å². The van der Waals surface area contributed by atoms with Gasteiger partial charge >= 0.3 is 0 Å². The highest BCUT2D eigenvalue weighted by Gasteiger charge is 2.36. The number of hydrogen-bond donors (Lipinski definition) is 1. The molecule has 0 radical (unpaired) electrons. The topological polar surface area (TPSA) is 41.6 Å². The Balaban J connectivity index is 1.88. The van der Waals surface area contributed by atoms with Crippen molar-refractivity contribution in [2.24, 2.45) is 5.92 Å². The molecule has 1 amide bonds. The number of nitrogens with zero attached hydrogens (tertiary/aromatic N) is 1. The predicted molar refractivity (Wildman–Crippen MR) is 66.5 cm³/mol. The van der Waals surface area contributed by atoms with Crippen LogP contribution in [0.25, 0.3) is 0 Å². The van der Waals surface area contributed by atoms with Crippen LogP contribution in [0.5, 0.6) is 0 Å². The number of ether oxygens (including phenoxy) is 1. The molecular weight excluding hydrogens is 216 g/mol. The molecule has 2 unspecified atom stereocenters. The summed E-state index contributed by atoms with van der Waals surface area (Å²) in [4.78, 5) is 14.2. The summed E-state index contributed by atoms with van der Waals surface area (Å²) in [5.74, 6) is 0.920. The molecule has 0 aromatic heterocycles. The molecule has 2 saturated heterocycles. The highest BCUT2D eigenvalue weighted by atomic mass is 16.5. The maximum absolute atomic E-state index is 12.2. The third-order valence-electron chi connectivity index (χ3n) is 3.86. The van der Waals surface area contributed by atoms with Crippen molar-refractivity contribution < 1.29 is 9.53 Å². The van der Waals surface area contributed by atoms with Gasteiger partial charge in [0.25, 0.3) is 0 Å². The van der Waals surface area contributed by atoms with Crippen LogP contribution in [0, 0.1) is 5.92 Å². The van der Waals surface area contributed by atoms with E-state index in [2.05, 4.69) is 19.2 Å². The molecule has 2 fully saturated rings. The zero-order valence-electron chi connectivity index (χ0n) is 10.9. The molecule has 0 spiro atoms. The molecule has 0 bridgehead atoms. The van der Waals surface area contributed by atoms with Crippen LogP contribution in [0.1, 0.15) is 39.5 Å². The van der Waals surface area contributed by atoms with E-state index < -0.39 is 0 Å². The first-order valence-electron chi connectivity index (χ1n) is 6.86. The van der Waals surface area contributed by atoms with Crippen molar-refractivity contribution in [1.29, 1.82) is 0 Å². The molecule has 0 saturated carbocycles. The van der Waals surface area contributed by atoms with E-state index in [9.17, 15) is 4.79 Å². The Labute approximate surface area is 104 Å². The second kappa shape index (κ2) is 5.83. The minimum atomic E-state index is 0.0508. The highest BCUT2D eigenvalue weighted by Crippen LogP contribution is 2.21. The zero-order chi connectivity index (χ0) is 12.3. The molecule has 2 rings (SSSR count). The lowest BCUT2D eigenvalue weighted by atomic mass is 9.99. The van der Waals surface area contributed by atoms with Crippen LogP contribution >= 0.6 is 0 Å². The summed E-state index contributed by atoms with van der Waals surface area (Å²) in [6.07, 6.45) is 4.39. The first kappa shape index (κ1) is 12.8. The van der Waals surface area contributed by atoms with Gasteiger partial charge in [0.1, 0.15) is 0 Å². The SMILES string of the molecule is CCCC1NC(C)N(CC2CCOCC2)C1=O. The summed E-state index contributed by atoms with van der Waals surface area (Å²) < 4.78 is 5.36. The minimum absolute atomic E-state index is 0.0508. The molecule has 17 heavy (non-hydrogen) atoms. The van der Waals surface area contributed by atoms with Crippen molar-refractivity contribution in [3.8, 4) is 0 Å². The zero-order valence-corrected chi connectivity index (χ0v) is 10.9. The largest absolute Gasteiger partial charge is 0.381 e. The van der Waals surface area contributed by atoms with Gasteiger partial charge in [-0.25, -0.2) is 0 Å². The summed E-state index contributed by atoms with van der Waals surface area (Å²) >= 11 is 0. The van der Waals surface area contributed by atoms with Crippen molar-refractivity contribution in [3.63, 3.8) is 0 Å². The van der Waals surface area contributed by atoms with Gasteiger partial charge in [0.2, 0.25) is 5.91 Å². The average Bonchev–Trinajstić information content (AvgIpc) is 2.59. The van der Waals surface area contributed by atoms with Crippen molar-refractivity contribution in [1.82, 2.24) is 10.2 Å². The number of carbonyl (C=O) groups is 1. The molecule has 98 valence electrons. The lowest BCUT2D eigenvalue weighted by Gasteiger charge is -2.29. The quantitative estimate of drug-likeness (QED) is 0.806. The van der Waals surface area contributed by atoms with Gasteiger partial charge in [-0.3, -0.25) is 10.1 Å². The third kappa shape index (κ3) is 2.99. The van der Waals surface area contributed by atoms with E-state index in [1.54, 1.807) is 0 Å². The standard InChI is InChI=1S/C13H24N2O2/c1-3-4-12-13(16)15(10(2)14-12)9-11-5-7-17-8-6-11/h10-12,14H,3-9H2,1-2H3. The molecule has 0 aromatic rings. The minimum Gasteiger partial charge on any atom is -0.381 e. The Hall–Kier alpha value is -0.610. The number of rotatable bonds is 4. The average molecular weight is 240 g/mol. The van der Waals surface area contributed by atoms with Gasteiger partial charge in [-0.05, 0) is 32.1 Å². The fourth-order valence-corrected chi connectivity index (χ4v) is 2.79. The Morgan fingerprint density at radius 2 is 2.12 bits per heavy atom. The van der Waals surface area contributed by atoms with Crippen LogP contribution in [-0.2, 0) is 9.53 Å². The Bertz CT molecular complexity index is 264. The number of hydrogen-bond acceptors (Lipinski definition) is 3. The third-order valence-corrected chi connectivity index (χ3v) is 3.86. The summed E-state index contributed by atoms with van der Waals surface area (Å²) in [5.41, 5.74) is 0. The van der Waals surface area contributed by atoms with Gasteiger partial charge < -0.3 is 9.64 Å². The number of nitrogens with one attached hydrogen (secondary N) is 1. The molecule has 4 heteroatoms. The van der Waals surface area contributed by atoms with Crippen molar-refractivity contribution in [2.75, 3.05) is 19.8 Å². The summed E-state index contributed by atoms with van der Waals surface area (Å²) in [6.45, 7) is 6.82. The van der Waals surface area contributed by atoms with E-state index in [-0.39, 0.29) is 12.2 Å². The molecule has 2 aliphatic rings. The van der Waals surface area contributed by atoms with E-state index in [1.165, 1.54) is 0 Å². The van der Waals surface area contributed by atoms with Crippen LogP contribution in [0.2, 0.25) is 0 Å². The van der Waals surface area contributed by atoms with Crippen molar-refractivity contribution in [2.45, 2.75) is 51.7 Å². The molecule has 0 aromatic carbocycles. The fourth-order valence-electron chi connectivity index (χ4n) is 2.79. The van der Waals surface area contributed by atoms with Gasteiger partial charge in [0.05, 0.1) is 12.2 Å². The predicted octanol–water partition coefficient (Wildman–Crippen LogP) is 1.36. The van der Waals surface area contributed by atoms with Crippen LogP contribution in [0.3, 0.4) is 0 Å². The molecule has 2 aliphatic heterocycles. The van der Waals surface area contributed by atoms with Gasteiger partial charge in [-0.1, -0.05) is 13.3 Å². The van der Waals surface area contributed by atoms with E-state index in [1.807, 2.05) is 4.90 Å². The molecule has 1 N–H and O–H groups in total. The van der Waals surface area contributed by atoms with E-state index in [0.717, 1.165) is 45.4 Å². The smallest absolute Gasteiger partial charge is 0.241 e. The molecular formula is C13H24N2O2. The maximum Gasteiger partial charge on any atom is 0.241 e. The lowest BCUT2D eigenvalue weighted by Crippen LogP contribution is -2.39. The lowest BCUT2D eigenvalue weighted by molar-refractivity contribution is -0.131. The Morgan fingerprint density at radius 3 is 2.76 bits per heavy atom. The van der Waals surface area contributed by atoms with Crippen LogP contribution < -0.4 is 5.32 Å². The second-order valence-electron chi connectivity index (χ2n) is 5.23. The monoisotopic (exact) mass is 240 g/mol. The van der Waals surface area contributed by atoms with Crippen molar-refractivity contribution in [3.05, 3.63) is 0 Å². The van der Waals surface area contributed by atoms with Crippen molar-refractivity contribution >= 4 is 5.91 Å². The molecule has 2 heterocycles. The van der Waals surface area contributed by atoms with Crippen LogP contribution in [0.15, 0.2) is 0 Å².